The Kier molecular flexibility index (Phi) is 12.1. The van der Waals surface area contributed by atoms with Crippen LogP contribution in [0.25, 0.3) is 33.2 Å². The van der Waals surface area contributed by atoms with Crippen molar-refractivity contribution in [3.8, 4) is 0 Å². The van der Waals surface area contributed by atoms with Crippen LogP contribution in [-0.4, -0.2) is 63.0 Å². The third-order valence-electron chi connectivity index (χ3n) is 11.5. The van der Waals surface area contributed by atoms with Crippen LogP contribution in [0, 0.1) is 5.82 Å². The van der Waals surface area contributed by atoms with Crippen LogP contribution in [0.1, 0.15) is 52.5 Å². The highest BCUT2D eigenvalue weighted by molar-refractivity contribution is 5.98. The summed E-state index contributed by atoms with van der Waals surface area (Å²) in [6, 6.07) is 43.3. The molecule has 7 aromatic rings. The first kappa shape index (κ1) is 41.8. The average molecular weight is 831 g/mol. The molecule has 0 fully saturated rings. The number of nitrogens with two attached hydrogens (primary N) is 1. The first-order valence-corrected chi connectivity index (χ1v) is 20.8. The number of carbonyl (C=O) groups excluding carboxylic acids is 1. The van der Waals surface area contributed by atoms with Gasteiger partial charge in [-0.2, -0.15) is 0 Å². The Balaban J connectivity index is 1.12. The molecular formula is C52H51FN4O5. The van der Waals surface area contributed by atoms with E-state index in [2.05, 4.69) is 11.6 Å². The van der Waals surface area contributed by atoms with Crippen LogP contribution < -0.4 is 15.5 Å². The van der Waals surface area contributed by atoms with E-state index in [0.29, 0.717) is 48.8 Å². The van der Waals surface area contributed by atoms with Crippen molar-refractivity contribution in [2.24, 2.45) is 5.73 Å². The zero-order valence-corrected chi connectivity index (χ0v) is 35.2. The third-order valence-corrected chi connectivity index (χ3v) is 11.5. The number of esters is 1. The lowest BCUT2D eigenvalue weighted by Gasteiger charge is -2.37. The molecule has 8 rings (SSSR count). The first-order chi connectivity index (χ1) is 30.0. The number of ether oxygens (including phenoxy) is 3. The summed E-state index contributed by atoms with van der Waals surface area (Å²) >= 11 is 0. The van der Waals surface area contributed by atoms with Gasteiger partial charge in [-0.25, -0.2) is 4.39 Å². The van der Waals surface area contributed by atoms with Gasteiger partial charge in [-0.1, -0.05) is 97.1 Å². The minimum atomic E-state index is -1.48. The number of hydrogen-bond donors (Lipinski definition) is 3. The Morgan fingerprint density at radius 1 is 0.855 bits per heavy atom. The molecule has 9 nitrogen and oxygen atoms in total. The van der Waals surface area contributed by atoms with Crippen molar-refractivity contribution in [1.82, 2.24) is 4.98 Å². The van der Waals surface area contributed by atoms with E-state index in [1.165, 1.54) is 12.1 Å². The maximum atomic E-state index is 14.6. The molecule has 1 aliphatic rings. The van der Waals surface area contributed by atoms with Gasteiger partial charge in [0.15, 0.2) is 17.1 Å². The first-order valence-electron chi connectivity index (χ1n) is 20.8. The Hall–Kier alpha value is -6.88. The number of aromatic amines is 1. The number of nitrogens with one attached hydrogen (secondary N) is 1. The predicted molar refractivity (Wildman–Crippen MR) is 246 cm³/mol. The zero-order valence-electron chi connectivity index (χ0n) is 35.2. The Labute approximate surface area is 361 Å². The number of carbonyl (C=O) groups is 1. The SMILES string of the molecule is C=CC(N)CCC(=O)OC(c1ccc(F)cc1)(c1ccc(N(C)CC(O)c2ccc3[nH]c(C4=C(c5ccccc5)OCCO4)cc3c2)cc1)c1ccc(N(C)C)c2ccccc12. The highest BCUT2D eigenvalue weighted by Crippen LogP contribution is 2.46. The standard InChI is InChI=1S/C52H51FN4O5/c1-5-40(54)22-28-49(59)62-52(37-16-20-39(53)21-17-37,44-25-27-47(56(2)3)43-14-10-9-13-42(43)44)38-18-23-41(24-19-38)57(4)33-48(58)35-15-26-45-36(31-35)32-46(55-45)51-50(60-29-30-61-51)34-11-7-6-8-12-34/h5-21,23-27,31-32,40,48,55,58H,1,22,28-30,33,54H2,2-4H3. The molecule has 0 radical (unpaired) electrons. The molecule has 4 N–H and O–H groups in total. The highest BCUT2D eigenvalue weighted by Gasteiger charge is 2.42. The number of fused-ring (bicyclic) bond motifs is 2. The van der Waals surface area contributed by atoms with Gasteiger partial charge in [0.25, 0.3) is 0 Å². The summed E-state index contributed by atoms with van der Waals surface area (Å²) in [7, 11) is 5.90. The lowest BCUT2D eigenvalue weighted by Crippen LogP contribution is -2.36. The number of aromatic nitrogens is 1. The second-order valence-corrected chi connectivity index (χ2v) is 15.9. The van der Waals surface area contributed by atoms with E-state index in [9.17, 15) is 14.3 Å². The summed E-state index contributed by atoms with van der Waals surface area (Å²) in [5, 5.41) is 14.4. The molecule has 1 aromatic heterocycles. The largest absolute Gasteiger partial charge is 0.485 e. The number of aliphatic hydroxyl groups is 1. The van der Waals surface area contributed by atoms with Crippen LogP contribution in [-0.2, 0) is 24.6 Å². The number of likely N-dealkylation sites (N-methyl/N-ethyl adjacent to an activating group) is 1. The number of H-pyrrole nitrogens is 1. The molecule has 0 saturated heterocycles. The van der Waals surface area contributed by atoms with E-state index in [1.54, 1.807) is 18.2 Å². The van der Waals surface area contributed by atoms with Crippen LogP contribution in [0.2, 0.25) is 0 Å². The number of benzene rings is 6. The summed E-state index contributed by atoms with van der Waals surface area (Å²) in [5.74, 6) is 0.468. The molecule has 0 amide bonds. The van der Waals surface area contributed by atoms with E-state index >= 15 is 0 Å². The fraction of sp³-hybridized carbons (Fsp3) is 0.212. The van der Waals surface area contributed by atoms with Gasteiger partial charge in [0.05, 0.1) is 11.8 Å². The second-order valence-electron chi connectivity index (χ2n) is 15.9. The van der Waals surface area contributed by atoms with Crippen molar-refractivity contribution < 1.29 is 28.5 Å². The van der Waals surface area contributed by atoms with E-state index in [1.807, 2.05) is 146 Å². The summed E-state index contributed by atoms with van der Waals surface area (Å²) in [4.78, 5) is 21.5. The number of hydrogen-bond acceptors (Lipinski definition) is 8. The number of aliphatic hydroxyl groups excluding tert-OH is 1. The fourth-order valence-electron chi connectivity index (χ4n) is 8.26. The van der Waals surface area contributed by atoms with E-state index < -0.39 is 23.5 Å². The molecule has 0 bridgehead atoms. The van der Waals surface area contributed by atoms with Gasteiger partial charge in [-0.3, -0.25) is 4.79 Å². The van der Waals surface area contributed by atoms with Crippen LogP contribution in [0.15, 0.2) is 152 Å². The van der Waals surface area contributed by atoms with Gasteiger partial charge >= 0.3 is 5.97 Å². The van der Waals surface area contributed by atoms with Gasteiger partial charge in [-0.05, 0) is 65.9 Å². The normalized spacial score (nSPS) is 14.7. The average Bonchev–Trinajstić information content (AvgIpc) is 3.74. The van der Waals surface area contributed by atoms with Gasteiger partial charge in [0.1, 0.15) is 19.0 Å². The van der Waals surface area contributed by atoms with Crippen molar-refractivity contribution >= 4 is 50.5 Å². The molecule has 10 heteroatoms. The quantitative estimate of drug-likeness (QED) is 0.0532. The molecule has 6 aromatic carbocycles. The van der Waals surface area contributed by atoms with Gasteiger partial charge in [-0.15, -0.1) is 6.58 Å². The monoisotopic (exact) mass is 830 g/mol. The van der Waals surface area contributed by atoms with Gasteiger partial charge < -0.3 is 39.8 Å². The van der Waals surface area contributed by atoms with E-state index in [4.69, 9.17) is 19.9 Å². The minimum Gasteiger partial charge on any atom is -0.485 e. The smallest absolute Gasteiger partial charge is 0.307 e. The van der Waals surface area contributed by atoms with Crippen LogP contribution in [0.4, 0.5) is 15.8 Å². The van der Waals surface area contributed by atoms with Crippen molar-refractivity contribution in [3.63, 3.8) is 0 Å². The summed E-state index contributed by atoms with van der Waals surface area (Å²) < 4.78 is 33.5. The third kappa shape index (κ3) is 8.39. The molecule has 3 unspecified atom stereocenters. The number of anilines is 2. The van der Waals surface area contributed by atoms with Crippen molar-refractivity contribution in [2.75, 3.05) is 50.7 Å². The van der Waals surface area contributed by atoms with Crippen LogP contribution in [0.3, 0.4) is 0 Å². The van der Waals surface area contributed by atoms with E-state index in [0.717, 1.165) is 55.4 Å². The van der Waals surface area contributed by atoms with E-state index in [-0.39, 0.29) is 12.5 Å². The van der Waals surface area contributed by atoms with Crippen molar-refractivity contribution in [3.05, 3.63) is 192 Å². The second kappa shape index (κ2) is 18.0. The Morgan fingerprint density at radius 2 is 1.52 bits per heavy atom. The molecule has 0 saturated carbocycles. The number of rotatable bonds is 15. The van der Waals surface area contributed by atoms with Gasteiger partial charge in [0, 0.05) is 90.1 Å². The molecular weight excluding hydrogens is 780 g/mol. The van der Waals surface area contributed by atoms with Crippen molar-refractivity contribution in [1.29, 1.82) is 0 Å². The summed E-state index contributed by atoms with van der Waals surface area (Å²) in [6.45, 7) is 4.98. The molecule has 62 heavy (non-hydrogen) atoms. The fourth-order valence-corrected chi connectivity index (χ4v) is 8.26. The highest BCUT2D eigenvalue weighted by atomic mass is 19.1. The molecule has 2 heterocycles. The maximum absolute atomic E-state index is 14.6. The molecule has 316 valence electrons. The van der Waals surface area contributed by atoms with Crippen LogP contribution >= 0.6 is 0 Å². The van der Waals surface area contributed by atoms with Crippen LogP contribution in [0.5, 0.6) is 0 Å². The molecule has 3 atom stereocenters. The summed E-state index contributed by atoms with van der Waals surface area (Å²) in [6.07, 6.45) is 1.19. The summed E-state index contributed by atoms with van der Waals surface area (Å²) in [5.41, 5.74) is 11.9. The molecule has 0 spiro atoms. The Morgan fingerprint density at radius 3 is 2.21 bits per heavy atom. The topological polar surface area (TPSA) is 113 Å². The Bertz CT molecular complexity index is 2730. The minimum absolute atomic E-state index is 0.0488. The zero-order chi connectivity index (χ0) is 43.4. The molecule has 1 aliphatic heterocycles. The maximum Gasteiger partial charge on any atom is 0.307 e. The lowest BCUT2D eigenvalue weighted by molar-refractivity contribution is -0.153. The lowest BCUT2D eigenvalue weighted by atomic mass is 9.77. The van der Waals surface area contributed by atoms with Crippen molar-refractivity contribution in [2.45, 2.75) is 30.6 Å². The predicted octanol–water partition coefficient (Wildman–Crippen LogP) is 9.70. The van der Waals surface area contributed by atoms with Gasteiger partial charge in [0.2, 0.25) is 0 Å². The number of halogens is 1. The molecule has 0 aliphatic carbocycles. The number of nitrogens with zero attached hydrogens (tertiary/aromatic N) is 2.